The highest BCUT2D eigenvalue weighted by Gasteiger charge is 2.25. The van der Waals surface area contributed by atoms with Gasteiger partial charge in [-0.15, -0.1) is 10.2 Å². The van der Waals surface area contributed by atoms with Gasteiger partial charge >= 0.3 is 6.03 Å². The van der Waals surface area contributed by atoms with E-state index in [1.165, 1.54) is 30.1 Å². The van der Waals surface area contributed by atoms with Crippen molar-refractivity contribution in [1.29, 1.82) is 0 Å². The van der Waals surface area contributed by atoms with Gasteiger partial charge in [0, 0.05) is 12.8 Å². The van der Waals surface area contributed by atoms with Crippen LogP contribution in [0.5, 0.6) is 0 Å². The number of hydrogen-bond acceptors (Lipinski definition) is 7. The fourth-order valence-electron chi connectivity index (χ4n) is 1.73. The molecule has 1 aromatic carbocycles. The Balaban J connectivity index is 2.15. The first-order valence-electron chi connectivity index (χ1n) is 7.34. The van der Waals surface area contributed by atoms with Crippen molar-refractivity contribution in [2.75, 3.05) is 12.8 Å². The Kier molecular flexibility index (Phi) is 7.54. The van der Waals surface area contributed by atoms with Gasteiger partial charge in [-0.3, -0.25) is 10.1 Å². The summed E-state index contributed by atoms with van der Waals surface area (Å²) in [7, 11) is 1.47. The Morgan fingerprint density at radius 1 is 1.21 bits per heavy atom. The number of benzene rings is 1. The molecule has 2 aromatic rings. The van der Waals surface area contributed by atoms with E-state index < -0.39 is 11.3 Å². The Hall–Kier alpha value is -1.58. The smallest absolute Gasteiger partial charge is 0.321 e. The molecule has 9 heteroatoms. The Labute approximate surface area is 153 Å². The zero-order valence-electron chi connectivity index (χ0n) is 13.3. The standard InChI is InChI=1S/C15H18N4O2S3/c1-3-9-22-14-18-19-15(24-14)23-11(10-7-5-4-6-8-10)12(20)17-13(21)16-2/h4-8,11H,3,9H2,1-2H3,(H2,16,17,20,21)/t11-/m1/s1. The molecule has 0 saturated heterocycles. The highest BCUT2D eigenvalue weighted by Crippen LogP contribution is 2.38. The summed E-state index contributed by atoms with van der Waals surface area (Å²) >= 11 is 4.41. The lowest BCUT2D eigenvalue weighted by Gasteiger charge is -2.14. The van der Waals surface area contributed by atoms with Gasteiger partial charge in [-0.2, -0.15) is 0 Å². The van der Waals surface area contributed by atoms with Gasteiger partial charge < -0.3 is 5.32 Å². The molecule has 0 radical (unpaired) electrons. The molecule has 0 spiro atoms. The largest absolute Gasteiger partial charge is 0.341 e. The topological polar surface area (TPSA) is 84.0 Å². The molecule has 0 unspecified atom stereocenters. The second-order valence-electron chi connectivity index (χ2n) is 4.66. The zero-order chi connectivity index (χ0) is 17.4. The lowest BCUT2D eigenvalue weighted by molar-refractivity contribution is -0.119. The van der Waals surface area contributed by atoms with E-state index in [4.69, 9.17) is 0 Å². The second-order valence-corrected chi connectivity index (χ2v) is 8.33. The number of nitrogens with one attached hydrogen (secondary N) is 2. The molecule has 6 nitrogen and oxygen atoms in total. The van der Waals surface area contributed by atoms with Crippen molar-refractivity contribution in [2.45, 2.75) is 27.3 Å². The van der Waals surface area contributed by atoms with Gasteiger partial charge in [-0.25, -0.2) is 4.79 Å². The van der Waals surface area contributed by atoms with E-state index in [0.29, 0.717) is 4.34 Å². The average Bonchev–Trinajstić information content (AvgIpc) is 3.06. The van der Waals surface area contributed by atoms with Gasteiger partial charge in [0.05, 0.1) is 0 Å². The summed E-state index contributed by atoms with van der Waals surface area (Å²) in [5.74, 6) is 0.599. The van der Waals surface area contributed by atoms with E-state index in [1.54, 1.807) is 11.8 Å². The van der Waals surface area contributed by atoms with Gasteiger partial charge in [0.25, 0.3) is 0 Å². The average molecular weight is 383 g/mol. The molecule has 0 bridgehead atoms. The van der Waals surface area contributed by atoms with Crippen molar-refractivity contribution in [1.82, 2.24) is 20.8 Å². The van der Waals surface area contributed by atoms with Crippen LogP contribution in [-0.4, -0.2) is 34.9 Å². The minimum atomic E-state index is -0.569. The van der Waals surface area contributed by atoms with Crippen LogP contribution in [-0.2, 0) is 4.79 Å². The highest BCUT2D eigenvalue weighted by molar-refractivity contribution is 8.03. The van der Waals surface area contributed by atoms with Crippen LogP contribution in [0, 0.1) is 0 Å². The number of carbonyl (C=O) groups is 2. The van der Waals surface area contributed by atoms with Crippen LogP contribution >= 0.6 is 34.9 Å². The fraction of sp³-hybridized carbons (Fsp3) is 0.333. The number of aromatic nitrogens is 2. The van der Waals surface area contributed by atoms with Crippen LogP contribution in [0.2, 0.25) is 0 Å². The molecule has 3 amide bonds. The highest BCUT2D eigenvalue weighted by atomic mass is 32.2. The maximum atomic E-state index is 12.5. The molecular formula is C15H18N4O2S3. The molecule has 1 aromatic heterocycles. The third-order valence-electron chi connectivity index (χ3n) is 2.84. The number of thioether (sulfide) groups is 2. The maximum Gasteiger partial charge on any atom is 0.321 e. The molecule has 0 aliphatic carbocycles. The van der Waals surface area contributed by atoms with Gasteiger partial charge in [0.2, 0.25) is 5.91 Å². The van der Waals surface area contributed by atoms with Gasteiger partial charge in [0.1, 0.15) is 5.25 Å². The van der Waals surface area contributed by atoms with Crippen LogP contribution in [0.4, 0.5) is 4.79 Å². The van der Waals surface area contributed by atoms with E-state index in [0.717, 1.165) is 22.1 Å². The minimum Gasteiger partial charge on any atom is -0.341 e. The summed E-state index contributed by atoms with van der Waals surface area (Å²) in [6.45, 7) is 2.11. The first-order valence-corrected chi connectivity index (χ1v) is 10.0. The molecule has 0 aliphatic heterocycles. The predicted octanol–water partition coefficient (Wildman–Crippen LogP) is 3.33. The van der Waals surface area contributed by atoms with Crippen LogP contribution in [0.15, 0.2) is 39.0 Å². The van der Waals surface area contributed by atoms with Crippen molar-refractivity contribution in [2.24, 2.45) is 0 Å². The molecule has 2 rings (SSSR count). The van der Waals surface area contributed by atoms with Crippen LogP contribution < -0.4 is 10.6 Å². The first kappa shape index (κ1) is 18.8. The van der Waals surface area contributed by atoms with Crippen molar-refractivity contribution in [3.05, 3.63) is 35.9 Å². The van der Waals surface area contributed by atoms with Gasteiger partial charge in [-0.05, 0) is 12.0 Å². The summed E-state index contributed by atoms with van der Waals surface area (Å²) in [6, 6.07) is 8.78. The number of amides is 3. The van der Waals surface area contributed by atoms with Gasteiger partial charge in [0.15, 0.2) is 8.68 Å². The zero-order valence-corrected chi connectivity index (χ0v) is 15.8. The normalized spacial score (nSPS) is 11.8. The number of carbonyl (C=O) groups excluding carboxylic acids is 2. The third-order valence-corrected chi connectivity index (χ3v) is 6.44. The van der Waals surface area contributed by atoms with Crippen molar-refractivity contribution >= 4 is 46.8 Å². The van der Waals surface area contributed by atoms with E-state index in [1.807, 2.05) is 30.3 Å². The third kappa shape index (κ3) is 5.50. The number of imide groups is 1. The van der Waals surface area contributed by atoms with Crippen molar-refractivity contribution in [3.8, 4) is 0 Å². The van der Waals surface area contributed by atoms with Crippen LogP contribution in [0.25, 0.3) is 0 Å². The van der Waals surface area contributed by atoms with Gasteiger partial charge in [-0.1, -0.05) is 72.1 Å². The number of rotatable bonds is 7. The SMILES string of the molecule is CCCSc1nnc(S[C@@H](C(=O)NC(=O)NC)c2ccccc2)s1. The van der Waals surface area contributed by atoms with E-state index in [-0.39, 0.29) is 5.91 Å². The summed E-state index contributed by atoms with van der Waals surface area (Å²) in [6.07, 6.45) is 1.06. The second kappa shape index (κ2) is 9.65. The summed E-state index contributed by atoms with van der Waals surface area (Å²) < 4.78 is 1.59. The van der Waals surface area contributed by atoms with E-state index >= 15 is 0 Å². The molecule has 0 fully saturated rings. The monoisotopic (exact) mass is 382 g/mol. The van der Waals surface area contributed by atoms with E-state index in [9.17, 15) is 9.59 Å². The van der Waals surface area contributed by atoms with Crippen molar-refractivity contribution in [3.63, 3.8) is 0 Å². The lowest BCUT2D eigenvalue weighted by Crippen LogP contribution is -2.39. The summed E-state index contributed by atoms with van der Waals surface area (Å²) in [5, 5.41) is 12.4. The number of urea groups is 1. The van der Waals surface area contributed by atoms with Crippen LogP contribution in [0.3, 0.4) is 0 Å². The Morgan fingerprint density at radius 2 is 1.92 bits per heavy atom. The summed E-state index contributed by atoms with van der Waals surface area (Å²) in [5.41, 5.74) is 0.807. The fourth-order valence-corrected chi connectivity index (χ4v) is 4.87. The molecule has 0 aliphatic rings. The van der Waals surface area contributed by atoms with Crippen LogP contribution in [0.1, 0.15) is 24.2 Å². The molecule has 1 atom stereocenters. The first-order chi connectivity index (χ1) is 11.6. The predicted molar refractivity (Wildman–Crippen MR) is 98.6 cm³/mol. The number of hydrogen-bond donors (Lipinski definition) is 2. The minimum absolute atomic E-state index is 0.386. The molecule has 0 saturated carbocycles. The Morgan fingerprint density at radius 3 is 2.58 bits per heavy atom. The van der Waals surface area contributed by atoms with E-state index in [2.05, 4.69) is 27.8 Å². The molecule has 128 valence electrons. The molecular weight excluding hydrogens is 364 g/mol. The summed E-state index contributed by atoms with van der Waals surface area (Å²) in [4.78, 5) is 23.9. The van der Waals surface area contributed by atoms with Crippen molar-refractivity contribution < 1.29 is 9.59 Å². The maximum absolute atomic E-state index is 12.5. The molecule has 24 heavy (non-hydrogen) atoms. The quantitative estimate of drug-likeness (QED) is 0.715. The molecule has 2 N–H and O–H groups in total. The lowest BCUT2D eigenvalue weighted by atomic mass is 10.1. The number of nitrogens with zero attached hydrogens (tertiary/aromatic N) is 2. The molecule has 1 heterocycles. The Bertz CT molecular complexity index is 678.